The van der Waals surface area contributed by atoms with Crippen LogP contribution in [0.15, 0.2) is 47.6 Å². The van der Waals surface area contributed by atoms with E-state index in [-0.39, 0.29) is 12.4 Å². The van der Waals surface area contributed by atoms with Gasteiger partial charge in [-0.1, -0.05) is 25.1 Å². The van der Waals surface area contributed by atoms with Crippen LogP contribution in [0.3, 0.4) is 0 Å². The van der Waals surface area contributed by atoms with E-state index >= 15 is 0 Å². The normalized spacial score (nSPS) is 11.1. The summed E-state index contributed by atoms with van der Waals surface area (Å²) >= 11 is 5.19. The zero-order valence-electron chi connectivity index (χ0n) is 15.7. The molecule has 0 aliphatic carbocycles. The Bertz CT molecular complexity index is 1030. The number of aromatic nitrogens is 3. The zero-order chi connectivity index (χ0) is 19.9. The molecule has 0 atom stereocenters. The van der Waals surface area contributed by atoms with Crippen LogP contribution in [0.2, 0.25) is 0 Å². The molecule has 0 unspecified atom stereocenters. The molecule has 3 aromatic rings. The molecule has 1 aromatic heterocycles. The molecule has 0 saturated carbocycles. The molecule has 2 aromatic carbocycles. The molecule has 146 valence electrons. The third-order valence-corrected chi connectivity index (χ3v) is 4.23. The molecule has 1 N–H and O–H groups in total. The average Bonchev–Trinajstić information content (AvgIpc) is 3.06. The number of H-pyrrole nitrogens is 1. The molecule has 0 radical (unpaired) electrons. The van der Waals surface area contributed by atoms with Crippen molar-refractivity contribution in [3.63, 3.8) is 0 Å². The number of hydrogen-bond donors (Lipinski definition) is 1. The molecule has 28 heavy (non-hydrogen) atoms. The number of aryl methyl sites for hydroxylation is 1. The van der Waals surface area contributed by atoms with E-state index in [0.29, 0.717) is 34.9 Å². The maximum Gasteiger partial charge on any atom is 0.216 e. The van der Waals surface area contributed by atoms with Crippen LogP contribution in [0.25, 0.3) is 0 Å². The maximum atomic E-state index is 13.8. The largest absolute Gasteiger partial charge is 0.490 e. The number of hydrogen-bond acceptors (Lipinski definition) is 5. The van der Waals surface area contributed by atoms with Gasteiger partial charge in [-0.3, -0.25) is 5.10 Å². The lowest BCUT2D eigenvalue weighted by Gasteiger charge is -2.13. The highest BCUT2D eigenvalue weighted by Gasteiger charge is 2.09. The highest BCUT2D eigenvalue weighted by atomic mass is 32.1. The summed E-state index contributed by atoms with van der Waals surface area (Å²) in [5, 5.41) is 11.2. The van der Waals surface area contributed by atoms with Gasteiger partial charge in [0.25, 0.3) is 0 Å². The second-order valence-corrected chi connectivity index (χ2v) is 6.26. The summed E-state index contributed by atoms with van der Waals surface area (Å²) in [6, 6.07) is 12.0. The number of rotatable bonds is 8. The van der Waals surface area contributed by atoms with Crippen molar-refractivity contribution >= 4 is 18.4 Å². The molecule has 0 fully saturated rings. The Morgan fingerprint density at radius 3 is 2.75 bits per heavy atom. The minimum absolute atomic E-state index is 0.115. The molecule has 0 bridgehead atoms. The van der Waals surface area contributed by atoms with Crippen molar-refractivity contribution < 1.29 is 13.9 Å². The van der Waals surface area contributed by atoms with Gasteiger partial charge < -0.3 is 9.47 Å². The van der Waals surface area contributed by atoms with Crippen molar-refractivity contribution in [3.05, 3.63) is 70.0 Å². The molecule has 0 aliphatic heterocycles. The van der Waals surface area contributed by atoms with E-state index in [1.807, 2.05) is 26.0 Å². The summed E-state index contributed by atoms with van der Waals surface area (Å²) in [6.07, 6.45) is 2.38. The third kappa shape index (κ3) is 4.64. The molecule has 3 rings (SSSR count). The van der Waals surface area contributed by atoms with Crippen molar-refractivity contribution in [3.8, 4) is 11.5 Å². The van der Waals surface area contributed by atoms with Crippen LogP contribution in [0.4, 0.5) is 4.39 Å². The van der Waals surface area contributed by atoms with E-state index in [0.717, 1.165) is 11.4 Å². The SMILES string of the molecule is CCOc1cc(/C=N/n2c(CC)n[nH]c2=S)ccc1OCc1ccccc1F. The molecule has 1 heterocycles. The highest BCUT2D eigenvalue weighted by Crippen LogP contribution is 2.29. The van der Waals surface area contributed by atoms with Gasteiger partial charge in [0.2, 0.25) is 4.77 Å². The Labute approximate surface area is 167 Å². The Morgan fingerprint density at radius 2 is 2.00 bits per heavy atom. The van der Waals surface area contributed by atoms with Gasteiger partial charge in [-0.2, -0.15) is 14.9 Å². The molecular formula is C20H21FN4O2S. The van der Waals surface area contributed by atoms with Gasteiger partial charge in [-0.05, 0) is 49.0 Å². The minimum Gasteiger partial charge on any atom is -0.490 e. The maximum absolute atomic E-state index is 13.8. The summed E-state index contributed by atoms with van der Waals surface area (Å²) in [7, 11) is 0. The van der Waals surface area contributed by atoms with Crippen molar-refractivity contribution in [1.82, 2.24) is 14.9 Å². The summed E-state index contributed by atoms with van der Waals surface area (Å²) in [5.41, 5.74) is 1.30. The molecule has 8 heteroatoms. The highest BCUT2D eigenvalue weighted by molar-refractivity contribution is 7.71. The summed E-state index contributed by atoms with van der Waals surface area (Å²) in [4.78, 5) is 0. The predicted octanol–water partition coefficient (Wildman–Crippen LogP) is 4.50. The fourth-order valence-electron chi connectivity index (χ4n) is 2.56. The van der Waals surface area contributed by atoms with Crippen LogP contribution in [0.1, 0.15) is 30.8 Å². The van der Waals surface area contributed by atoms with E-state index in [4.69, 9.17) is 21.7 Å². The van der Waals surface area contributed by atoms with Gasteiger partial charge in [0, 0.05) is 12.0 Å². The van der Waals surface area contributed by atoms with E-state index in [9.17, 15) is 4.39 Å². The second kappa shape index (κ2) is 9.27. The van der Waals surface area contributed by atoms with Gasteiger partial charge in [0.05, 0.1) is 12.8 Å². The number of halogens is 1. The monoisotopic (exact) mass is 400 g/mol. The minimum atomic E-state index is -0.298. The van der Waals surface area contributed by atoms with Gasteiger partial charge in [0.1, 0.15) is 12.4 Å². The van der Waals surface area contributed by atoms with E-state index in [1.165, 1.54) is 6.07 Å². The topological polar surface area (TPSA) is 64.4 Å². The number of benzene rings is 2. The summed E-state index contributed by atoms with van der Waals surface area (Å²) in [5.74, 6) is 1.55. The average molecular weight is 400 g/mol. The molecule has 0 aliphatic rings. The van der Waals surface area contributed by atoms with Crippen LogP contribution in [0.5, 0.6) is 11.5 Å². The smallest absolute Gasteiger partial charge is 0.216 e. The van der Waals surface area contributed by atoms with Crippen molar-refractivity contribution in [1.29, 1.82) is 0 Å². The Hall–Kier alpha value is -3.00. The van der Waals surface area contributed by atoms with Crippen molar-refractivity contribution in [2.45, 2.75) is 26.9 Å². The lowest BCUT2D eigenvalue weighted by atomic mass is 10.2. The standard InChI is InChI=1S/C20H21FN4O2S/c1-3-19-23-24-20(28)25(19)22-12-14-9-10-17(18(11-14)26-4-2)27-13-15-7-5-6-8-16(15)21/h5-12H,3-4,13H2,1-2H3,(H,24,28)/b22-12+. The van der Waals surface area contributed by atoms with Gasteiger partial charge in [0.15, 0.2) is 17.3 Å². The first-order valence-corrected chi connectivity index (χ1v) is 9.36. The van der Waals surface area contributed by atoms with Gasteiger partial charge >= 0.3 is 0 Å². The second-order valence-electron chi connectivity index (χ2n) is 5.87. The van der Waals surface area contributed by atoms with Gasteiger partial charge in [-0.15, -0.1) is 0 Å². The number of ether oxygens (including phenoxy) is 2. The molecule has 0 spiro atoms. The summed E-state index contributed by atoms with van der Waals surface area (Å²) in [6.45, 7) is 4.46. The lowest BCUT2D eigenvalue weighted by Crippen LogP contribution is -2.02. The number of nitrogens with zero attached hydrogens (tertiary/aromatic N) is 3. The predicted molar refractivity (Wildman–Crippen MR) is 108 cm³/mol. The van der Waals surface area contributed by atoms with Crippen LogP contribution in [0, 0.1) is 10.6 Å². The van der Waals surface area contributed by atoms with Crippen molar-refractivity contribution in [2.24, 2.45) is 5.10 Å². The molecule has 0 amide bonds. The number of nitrogens with one attached hydrogen (secondary N) is 1. The van der Waals surface area contributed by atoms with Gasteiger partial charge in [-0.25, -0.2) is 4.39 Å². The van der Waals surface area contributed by atoms with Crippen molar-refractivity contribution in [2.75, 3.05) is 6.61 Å². The first-order chi connectivity index (χ1) is 13.6. The fourth-order valence-corrected chi connectivity index (χ4v) is 2.76. The first kappa shape index (κ1) is 19.8. The van der Waals surface area contributed by atoms with Crippen LogP contribution in [-0.4, -0.2) is 27.7 Å². The van der Waals surface area contributed by atoms with Crippen LogP contribution < -0.4 is 9.47 Å². The first-order valence-electron chi connectivity index (χ1n) is 8.96. The fraction of sp³-hybridized carbons (Fsp3) is 0.250. The lowest BCUT2D eigenvalue weighted by molar-refractivity contribution is 0.266. The quantitative estimate of drug-likeness (QED) is 0.447. The molecule has 0 saturated heterocycles. The van der Waals surface area contributed by atoms with E-state index in [1.54, 1.807) is 35.2 Å². The van der Waals surface area contributed by atoms with E-state index < -0.39 is 0 Å². The Morgan fingerprint density at radius 1 is 1.18 bits per heavy atom. The zero-order valence-corrected chi connectivity index (χ0v) is 16.5. The molecular weight excluding hydrogens is 379 g/mol. The van der Waals surface area contributed by atoms with Crippen LogP contribution in [-0.2, 0) is 13.0 Å². The third-order valence-electron chi connectivity index (χ3n) is 3.96. The van der Waals surface area contributed by atoms with E-state index in [2.05, 4.69) is 15.3 Å². The molecule has 6 nitrogen and oxygen atoms in total. The Balaban J connectivity index is 1.80. The van der Waals surface area contributed by atoms with Crippen LogP contribution >= 0.6 is 12.2 Å². The number of aromatic amines is 1. The Kier molecular flexibility index (Phi) is 6.54. The summed E-state index contributed by atoms with van der Waals surface area (Å²) < 4.78 is 27.2.